The van der Waals surface area contributed by atoms with Crippen molar-refractivity contribution < 1.29 is 23.1 Å². The Morgan fingerprint density at radius 1 is 1.04 bits per heavy atom. The monoisotopic (exact) mass is 382 g/mol. The van der Waals surface area contributed by atoms with Crippen LogP contribution in [0.5, 0.6) is 0 Å². The molecule has 0 amide bonds. The molecule has 0 aliphatic heterocycles. The largest absolute Gasteiger partial charge is 0.490 e. The molecular formula is C20H25F3N2O2. The zero-order chi connectivity index (χ0) is 19.7. The lowest BCUT2D eigenvalue weighted by atomic mass is 10.1. The number of hydrogen-bond donors (Lipinski definition) is 2. The van der Waals surface area contributed by atoms with Crippen LogP contribution in [0.15, 0.2) is 48.8 Å². The minimum absolute atomic E-state index is 0.724. The van der Waals surface area contributed by atoms with Crippen molar-refractivity contribution in [1.82, 2.24) is 9.88 Å². The van der Waals surface area contributed by atoms with Crippen LogP contribution in [0.1, 0.15) is 44.1 Å². The Morgan fingerprint density at radius 2 is 1.56 bits per heavy atom. The van der Waals surface area contributed by atoms with Gasteiger partial charge in [0.15, 0.2) is 0 Å². The smallest absolute Gasteiger partial charge is 0.475 e. The van der Waals surface area contributed by atoms with Crippen molar-refractivity contribution in [3.8, 4) is 5.69 Å². The molecule has 3 rings (SSSR count). The maximum Gasteiger partial charge on any atom is 0.490 e. The lowest BCUT2D eigenvalue weighted by Crippen LogP contribution is -2.27. The first-order valence-corrected chi connectivity index (χ1v) is 9.12. The average molecular weight is 382 g/mol. The number of carboxylic acid groups (broad SMARTS) is 1. The molecule has 1 aliphatic rings. The summed E-state index contributed by atoms with van der Waals surface area (Å²) in [5.74, 6) is -2.76. The van der Waals surface area contributed by atoms with Crippen molar-refractivity contribution in [2.45, 2.75) is 57.3 Å². The Kier molecular flexibility index (Phi) is 7.91. The Morgan fingerprint density at radius 3 is 2.04 bits per heavy atom. The average Bonchev–Trinajstić information content (AvgIpc) is 3.04. The Hall–Kier alpha value is -2.28. The van der Waals surface area contributed by atoms with Gasteiger partial charge in [0.05, 0.1) is 0 Å². The fourth-order valence-corrected chi connectivity index (χ4v) is 3.04. The number of nitrogens with one attached hydrogen (secondary N) is 1. The molecule has 1 fully saturated rings. The summed E-state index contributed by atoms with van der Waals surface area (Å²) in [4.78, 5) is 8.90. The molecule has 0 saturated heterocycles. The van der Waals surface area contributed by atoms with E-state index < -0.39 is 12.1 Å². The van der Waals surface area contributed by atoms with Gasteiger partial charge in [0.1, 0.15) is 0 Å². The van der Waals surface area contributed by atoms with Crippen LogP contribution in [-0.2, 0) is 11.3 Å². The van der Waals surface area contributed by atoms with Gasteiger partial charge in [0.2, 0.25) is 0 Å². The minimum atomic E-state index is -5.08. The molecule has 27 heavy (non-hydrogen) atoms. The normalized spacial score (nSPS) is 15.5. The number of rotatable bonds is 4. The molecule has 0 spiro atoms. The molecule has 7 heteroatoms. The second kappa shape index (κ2) is 10.2. The molecule has 1 aromatic carbocycles. The van der Waals surface area contributed by atoms with Crippen LogP contribution in [-0.4, -0.2) is 27.9 Å². The van der Waals surface area contributed by atoms with Crippen LogP contribution < -0.4 is 5.32 Å². The van der Waals surface area contributed by atoms with E-state index in [1.54, 1.807) is 0 Å². The summed E-state index contributed by atoms with van der Waals surface area (Å²) in [6.07, 6.45) is 7.41. The number of carboxylic acids is 1. The van der Waals surface area contributed by atoms with E-state index in [2.05, 4.69) is 58.7 Å². The van der Waals surface area contributed by atoms with Crippen LogP contribution in [0.3, 0.4) is 0 Å². The zero-order valence-corrected chi connectivity index (χ0v) is 15.1. The number of halogens is 3. The molecule has 0 unspecified atom stereocenters. The van der Waals surface area contributed by atoms with Crippen molar-refractivity contribution in [3.63, 3.8) is 0 Å². The van der Waals surface area contributed by atoms with E-state index >= 15 is 0 Å². The first kappa shape index (κ1) is 21.0. The fourth-order valence-electron chi connectivity index (χ4n) is 3.04. The van der Waals surface area contributed by atoms with Crippen molar-refractivity contribution in [2.24, 2.45) is 0 Å². The first-order valence-electron chi connectivity index (χ1n) is 9.12. The van der Waals surface area contributed by atoms with Crippen LogP contribution in [0.25, 0.3) is 5.69 Å². The first-order chi connectivity index (χ1) is 12.9. The lowest BCUT2D eigenvalue weighted by molar-refractivity contribution is -0.192. The Bertz CT molecular complexity index is 674. The van der Waals surface area contributed by atoms with Gasteiger partial charge in [-0.15, -0.1) is 0 Å². The molecule has 2 N–H and O–H groups in total. The van der Waals surface area contributed by atoms with E-state index in [0.717, 1.165) is 12.6 Å². The van der Waals surface area contributed by atoms with Gasteiger partial charge in [-0.25, -0.2) is 4.79 Å². The van der Waals surface area contributed by atoms with Crippen LogP contribution in [0, 0.1) is 0 Å². The Balaban J connectivity index is 0.000000321. The molecule has 4 nitrogen and oxygen atoms in total. The molecule has 0 bridgehead atoms. The molecular weight excluding hydrogens is 357 g/mol. The summed E-state index contributed by atoms with van der Waals surface area (Å²) >= 11 is 0. The number of alkyl halides is 3. The highest BCUT2D eigenvalue weighted by molar-refractivity contribution is 5.73. The van der Waals surface area contributed by atoms with Gasteiger partial charge in [0, 0.05) is 30.7 Å². The van der Waals surface area contributed by atoms with E-state index in [-0.39, 0.29) is 0 Å². The van der Waals surface area contributed by atoms with Crippen LogP contribution in [0.2, 0.25) is 0 Å². The van der Waals surface area contributed by atoms with E-state index in [0.29, 0.717) is 0 Å². The van der Waals surface area contributed by atoms with Crippen molar-refractivity contribution in [2.75, 3.05) is 0 Å². The van der Waals surface area contributed by atoms with E-state index in [9.17, 15) is 13.2 Å². The quantitative estimate of drug-likeness (QED) is 0.738. The van der Waals surface area contributed by atoms with Crippen LogP contribution >= 0.6 is 0 Å². The van der Waals surface area contributed by atoms with Gasteiger partial charge >= 0.3 is 12.1 Å². The highest BCUT2D eigenvalue weighted by atomic mass is 19.4. The fraction of sp³-hybridized carbons (Fsp3) is 0.450. The van der Waals surface area contributed by atoms with E-state index in [4.69, 9.17) is 9.90 Å². The summed E-state index contributed by atoms with van der Waals surface area (Å²) in [7, 11) is 0. The molecule has 148 valence electrons. The minimum Gasteiger partial charge on any atom is -0.475 e. The molecule has 1 saturated carbocycles. The number of benzene rings is 1. The molecule has 1 aliphatic carbocycles. The SMILES string of the molecule is O=C(O)C(F)(F)F.c1ccn(-c2ccc(CNC3CCCCCC3)cc2)c1. The highest BCUT2D eigenvalue weighted by Crippen LogP contribution is 2.18. The maximum absolute atomic E-state index is 10.6. The van der Waals surface area contributed by atoms with E-state index in [1.165, 1.54) is 49.8 Å². The summed E-state index contributed by atoms with van der Waals surface area (Å²) < 4.78 is 33.9. The van der Waals surface area contributed by atoms with Gasteiger partial charge in [-0.2, -0.15) is 13.2 Å². The topological polar surface area (TPSA) is 54.3 Å². The summed E-state index contributed by atoms with van der Waals surface area (Å²) in [5.41, 5.74) is 2.61. The standard InChI is InChI=1S/C18H24N2.C2HF3O2/c1-2-4-8-17(7-3-1)19-15-16-9-11-18(12-10-16)20-13-5-6-14-20;3-2(4,5)1(6)7/h5-6,9-14,17,19H,1-4,7-8,15H2;(H,6,7). The molecule has 0 atom stereocenters. The second-order valence-electron chi connectivity index (χ2n) is 6.63. The maximum atomic E-state index is 10.6. The summed E-state index contributed by atoms with van der Waals surface area (Å²) in [5, 5.41) is 10.9. The third kappa shape index (κ3) is 7.46. The van der Waals surface area contributed by atoms with Crippen molar-refractivity contribution in [3.05, 3.63) is 54.4 Å². The molecule has 0 radical (unpaired) electrons. The predicted octanol–water partition coefficient (Wildman–Crippen LogP) is 4.92. The van der Waals surface area contributed by atoms with Gasteiger partial charge < -0.3 is 15.0 Å². The number of aliphatic carboxylic acids is 1. The zero-order valence-electron chi connectivity index (χ0n) is 15.1. The summed E-state index contributed by atoms with van der Waals surface area (Å²) in [6, 6.07) is 13.7. The predicted molar refractivity (Wildman–Crippen MR) is 97.8 cm³/mol. The third-order valence-electron chi connectivity index (χ3n) is 4.53. The number of carbonyl (C=O) groups is 1. The van der Waals surface area contributed by atoms with Gasteiger partial charge in [-0.05, 0) is 42.7 Å². The number of hydrogen-bond acceptors (Lipinski definition) is 2. The van der Waals surface area contributed by atoms with Gasteiger partial charge in [-0.3, -0.25) is 0 Å². The van der Waals surface area contributed by atoms with Crippen LogP contribution in [0.4, 0.5) is 13.2 Å². The van der Waals surface area contributed by atoms with Crippen molar-refractivity contribution >= 4 is 5.97 Å². The third-order valence-corrected chi connectivity index (χ3v) is 4.53. The number of aromatic nitrogens is 1. The summed E-state index contributed by atoms with van der Waals surface area (Å²) in [6.45, 7) is 0.997. The van der Waals surface area contributed by atoms with Gasteiger partial charge in [-0.1, -0.05) is 37.8 Å². The highest BCUT2D eigenvalue weighted by Gasteiger charge is 2.38. The lowest BCUT2D eigenvalue weighted by Gasteiger charge is -2.16. The van der Waals surface area contributed by atoms with E-state index in [1.807, 2.05) is 0 Å². The molecule has 1 aromatic heterocycles. The number of nitrogens with zero attached hydrogens (tertiary/aromatic N) is 1. The second-order valence-corrected chi connectivity index (χ2v) is 6.63. The molecule has 1 heterocycles. The van der Waals surface area contributed by atoms with Gasteiger partial charge in [0.25, 0.3) is 0 Å². The Labute approximate surface area is 157 Å². The molecule has 2 aromatic rings. The van der Waals surface area contributed by atoms with Crippen molar-refractivity contribution in [1.29, 1.82) is 0 Å².